The van der Waals surface area contributed by atoms with Crippen molar-refractivity contribution < 1.29 is 29.6 Å². The van der Waals surface area contributed by atoms with Crippen LogP contribution in [0.4, 0.5) is 0 Å². The number of phenols is 1. The monoisotopic (exact) mass is 318 g/mol. The van der Waals surface area contributed by atoms with Gasteiger partial charge in [-0.3, -0.25) is 0 Å². The van der Waals surface area contributed by atoms with E-state index in [0.717, 1.165) is 5.56 Å². The van der Waals surface area contributed by atoms with E-state index in [0.29, 0.717) is 0 Å². The zero-order chi connectivity index (χ0) is 17.2. The summed E-state index contributed by atoms with van der Waals surface area (Å²) < 4.78 is 5.10. The van der Waals surface area contributed by atoms with Gasteiger partial charge in [0, 0.05) is 0 Å². The maximum Gasteiger partial charge on any atom is 0.342 e. The topological polar surface area (TPSA) is 104 Å². The van der Waals surface area contributed by atoms with Crippen molar-refractivity contribution in [1.82, 2.24) is 0 Å². The molecule has 0 fully saturated rings. The van der Waals surface area contributed by atoms with Crippen LogP contribution < -0.4 is 0 Å². The third kappa shape index (κ3) is 6.62. The molecule has 6 heteroatoms. The van der Waals surface area contributed by atoms with E-state index in [1.807, 2.05) is 30.3 Å². The number of aromatic hydroxyl groups is 1. The predicted octanol–water partition coefficient (Wildman–Crippen LogP) is 2.20. The van der Waals surface area contributed by atoms with Crippen molar-refractivity contribution >= 4 is 11.9 Å². The summed E-state index contributed by atoms with van der Waals surface area (Å²) in [6.07, 6.45) is -1.23. The average Bonchev–Trinajstić information content (AvgIpc) is 2.54. The van der Waals surface area contributed by atoms with E-state index >= 15 is 0 Å². The van der Waals surface area contributed by atoms with Gasteiger partial charge in [0.1, 0.15) is 24.0 Å². The summed E-state index contributed by atoms with van der Waals surface area (Å²) in [5.74, 6) is -1.77. The number of carbonyl (C=O) groups is 2. The molecule has 0 bridgehead atoms. The fraction of sp³-hybridized carbons (Fsp3) is 0.176. The van der Waals surface area contributed by atoms with E-state index in [1.54, 1.807) is 12.1 Å². The Balaban J connectivity index is 0.000000379. The third-order valence-electron chi connectivity index (χ3n) is 2.69. The second kappa shape index (κ2) is 9.22. The molecule has 6 nitrogen and oxygen atoms in total. The molecule has 1 atom stereocenters. The number of rotatable bonds is 4. The number of ether oxygens (including phenoxy) is 1. The number of phenolic OH excluding ortho intramolecular Hbond substituents is 1. The Kier molecular flexibility index (Phi) is 7.29. The first-order valence-corrected chi connectivity index (χ1v) is 6.81. The Morgan fingerprint density at radius 3 is 2.09 bits per heavy atom. The first-order valence-electron chi connectivity index (χ1n) is 6.81. The van der Waals surface area contributed by atoms with Crippen LogP contribution in [0.5, 0.6) is 5.75 Å². The molecule has 0 saturated carbocycles. The number of hydrogen-bond acceptors (Lipinski definition) is 5. The van der Waals surface area contributed by atoms with Crippen LogP contribution in [0.2, 0.25) is 0 Å². The predicted molar refractivity (Wildman–Crippen MR) is 83.0 cm³/mol. The molecule has 0 spiro atoms. The Morgan fingerprint density at radius 2 is 1.57 bits per heavy atom. The SMILES string of the molecule is CC(O)C(=O)O.O=C(OCc1ccccc1)c1ccccc1O. The van der Waals surface area contributed by atoms with Crippen molar-refractivity contribution in [2.24, 2.45) is 0 Å². The second-order valence-corrected chi connectivity index (χ2v) is 4.59. The van der Waals surface area contributed by atoms with E-state index in [4.69, 9.17) is 14.9 Å². The van der Waals surface area contributed by atoms with Crippen LogP contribution in [-0.2, 0) is 16.1 Å². The highest BCUT2D eigenvalue weighted by Crippen LogP contribution is 2.17. The Morgan fingerprint density at radius 1 is 1.04 bits per heavy atom. The number of hydrogen-bond donors (Lipinski definition) is 3. The van der Waals surface area contributed by atoms with Crippen molar-refractivity contribution in [3.05, 3.63) is 65.7 Å². The summed E-state index contributed by atoms with van der Waals surface area (Å²) in [5.41, 5.74) is 1.10. The van der Waals surface area contributed by atoms with Gasteiger partial charge in [0.25, 0.3) is 0 Å². The van der Waals surface area contributed by atoms with Gasteiger partial charge >= 0.3 is 11.9 Å². The molecule has 2 aromatic carbocycles. The zero-order valence-corrected chi connectivity index (χ0v) is 12.5. The van der Waals surface area contributed by atoms with Crippen molar-refractivity contribution in [1.29, 1.82) is 0 Å². The molecule has 0 aromatic heterocycles. The Labute approximate surface area is 133 Å². The Hall–Kier alpha value is -2.86. The quantitative estimate of drug-likeness (QED) is 0.747. The molecule has 2 aromatic rings. The molecule has 0 saturated heterocycles. The van der Waals surface area contributed by atoms with Gasteiger partial charge in [-0.1, -0.05) is 42.5 Å². The van der Waals surface area contributed by atoms with Crippen LogP contribution in [-0.4, -0.2) is 33.4 Å². The smallest absolute Gasteiger partial charge is 0.342 e. The maximum atomic E-state index is 11.7. The second-order valence-electron chi connectivity index (χ2n) is 4.59. The largest absolute Gasteiger partial charge is 0.507 e. The molecular formula is C17H18O6. The number of esters is 1. The summed E-state index contributed by atoms with van der Waals surface area (Å²) in [5, 5.41) is 25.2. The highest BCUT2D eigenvalue weighted by Gasteiger charge is 2.11. The number of para-hydroxylation sites is 1. The van der Waals surface area contributed by atoms with Gasteiger partial charge in [-0.2, -0.15) is 0 Å². The first-order chi connectivity index (χ1) is 10.9. The summed E-state index contributed by atoms with van der Waals surface area (Å²) >= 11 is 0. The maximum absolute atomic E-state index is 11.7. The van der Waals surface area contributed by atoms with Crippen LogP contribution >= 0.6 is 0 Å². The molecule has 0 amide bonds. The van der Waals surface area contributed by atoms with Gasteiger partial charge in [0.2, 0.25) is 0 Å². The van der Waals surface area contributed by atoms with Crippen LogP contribution in [0, 0.1) is 0 Å². The van der Waals surface area contributed by atoms with Gasteiger partial charge in [-0.05, 0) is 24.6 Å². The van der Waals surface area contributed by atoms with Gasteiger partial charge in [0.15, 0.2) is 0 Å². The highest BCUT2D eigenvalue weighted by molar-refractivity contribution is 5.92. The van der Waals surface area contributed by atoms with E-state index in [1.165, 1.54) is 19.1 Å². The highest BCUT2D eigenvalue weighted by atomic mass is 16.5. The molecule has 2 rings (SSSR count). The molecule has 0 aliphatic heterocycles. The van der Waals surface area contributed by atoms with Crippen molar-refractivity contribution in [3.8, 4) is 5.75 Å². The zero-order valence-electron chi connectivity index (χ0n) is 12.5. The van der Waals surface area contributed by atoms with Crippen LogP contribution in [0.15, 0.2) is 54.6 Å². The lowest BCUT2D eigenvalue weighted by Gasteiger charge is -2.05. The van der Waals surface area contributed by atoms with Gasteiger partial charge in [-0.15, -0.1) is 0 Å². The van der Waals surface area contributed by atoms with Gasteiger partial charge < -0.3 is 20.1 Å². The number of carboxylic acid groups (broad SMARTS) is 1. The summed E-state index contributed by atoms with van der Waals surface area (Å²) in [7, 11) is 0. The number of aliphatic hydroxyl groups excluding tert-OH is 1. The normalized spacial score (nSPS) is 10.9. The number of benzene rings is 2. The summed E-state index contributed by atoms with van der Waals surface area (Å²) in [6.45, 7) is 1.40. The molecule has 0 radical (unpaired) electrons. The van der Waals surface area contributed by atoms with Crippen molar-refractivity contribution in [2.75, 3.05) is 0 Å². The molecule has 3 N–H and O–H groups in total. The lowest BCUT2D eigenvalue weighted by atomic mass is 10.2. The van der Waals surface area contributed by atoms with E-state index < -0.39 is 18.0 Å². The van der Waals surface area contributed by atoms with Gasteiger partial charge in [0.05, 0.1) is 0 Å². The fourth-order valence-corrected chi connectivity index (χ4v) is 1.45. The molecule has 122 valence electrons. The number of carbonyl (C=O) groups excluding carboxylic acids is 1. The average molecular weight is 318 g/mol. The number of aliphatic hydroxyl groups is 1. The molecule has 0 aliphatic carbocycles. The molecule has 0 aliphatic rings. The number of carboxylic acids is 1. The molecule has 23 heavy (non-hydrogen) atoms. The molecule has 1 unspecified atom stereocenters. The lowest BCUT2D eigenvalue weighted by molar-refractivity contribution is -0.145. The standard InChI is InChI=1S/C14H12O3.C3H6O3/c15-13-9-5-4-8-12(13)14(16)17-10-11-6-2-1-3-7-11;1-2(4)3(5)6/h1-9,15H,10H2;2,4H,1H3,(H,5,6). The Bertz CT molecular complexity index is 637. The van der Waals surface area contributed by atoms with E-state index in [2.05, 4.69) is 0 Å². The van der Waals surface area contributed by atoms with Crippen molar-refractivity contribution in [3.63, 3.8) is 0 Å². The first kappa shape index (κ1) is 18.2. The summed E-state index contributed by atoms with van der Waals surface area (Å²) in [4.78, 5) is 21.1. The van der Waals surface area contributed by atoms with Crippen LogP contribution in [0.3, 0.4) is 0 Å². The molecular weight excluding hydrogens is 300 g/mol. The van der Waals surface area contributed by atoms with Gasteiger partial charge in [-0.25, -0.2) is 9.59 Å². The molecule has 0 heterocycles. The fourth-order valence-electron chi connectivity index (χ4n) is 1.45. The van der Waals surface area contributed by atoms with Crippen LogP contribution in [0.1, 0.15) is 22.8 Å². The van der Waals surface area contributed by atoms with E-state index in [-0.39, 0.29) is 17.9 Å². The van der Waals surface area contributed by atoms with Crippen LogP contribution in [0.25, 0.3) is 0 Å². The van der Waals surface area contributed by atoms with Crippen molar-refractivity contribution in [2.45, 2.75) is 19.6 Å². The van der Waals surface area contributed by atoms with E-state index in [9.17, 15) is 14.7 Å². The minimum Gasteiger partial charge on any atom is -0.507 e. The lowest BCUT2D eigenvalue weighted by Crippen LogP contribution is -2.13. The third-order valence-corrected chi connectivity index (χ3v) is 2.69. The minimum absolute atomic E-state index is 0.0643. The minimum atomic E-state index is -1.23. The summed E-state index contributed by atoms with van der Waals surface area (Å²) in [6, 6.07) is 15.7. The number of aliphatic carboxylic acids is 1.